The average Bonchev–Trinajstić information content (AvgIpc) is 2.88. The normalized spacial score (nSPS) is 33.3. The molecule has 0 saturated heterocycles. The lowest BCUT2D eigenvalue weighted by Gasteiger charge is -2.29. The zero-order chi connectivity index (χ0) is 29.4. The zero-order valence-electron chi connectivity index (χ0n) is 23.1. The van der Waals surface area contributed by atoms with Crippen molar-refractivity contribution < 1.29 is 43.6 Å². The number of carbonyl (C=O) groups is 4. The first-order valence-electron chi connectivity index (χ1n) is 12.6. The number of rotatable bonds is 3. The molecule has 6 unspecified atom stereocenters. The molecule has 0 fully saturated rings. The molecule has 11 nitrogen and oxygen atoms in total. The van der Waals surface area contributed by atoms with Crippen molar-refractivity contribution in [3.8, 4) is 0 Å². The summed E-state index contributed by atoms with van der Waals surface area (Å²) in [7, 11) is 2.86. The van der Waals surface area contributed by atoms with Gasteiger partial charge in [0.1, 0.15) is 11.9 Å². The number of aliphatic hydroxyl groups is 2. The molecule has 2 amide bonds. The second-order valence-corrected chi connectivity index (χ2v) is 9.90. The molecule has 0 aromatic carbocycles. The topological polar surface area (TPSA) is 174 Å². The summed E-state index contributed by atoms with van der Waals surface area (Å²) in [6.45, 7) is 6.79. The van der Waals surface area contributed by atoms with Crippen molar-refractivity contribution in [2.75, 3.05) is 14.2 Å². The highest BCUT2D eigenvalue weighted by Gasteiger charge is 2.33. The monoisotopic (exact) mass is 546 g/mol. The number of allylic oxidation sites excluding steroid dienone is 4. The van der Waals surface area contributed by atoms with Crippen molar-refractivity contribution in [1.29, 1.82) is 0 Å². The predicted octanol–water partition coefficient (Wildman–Crippen LogP) is 2.32. The van der Waals surface area contributed by atoms with E-state index in [-0.39, 0.29) is 35.6 Å². The van der Waals surface area contributed by atoms with Gasteiger partial charge in [-0.05, 0) is 38.2 Å². The van der Waals surface area contributed by atoms with E-state index in [2.05, 4.69) is 5.32 Å². The summed E-state index contributed by atoms with van der Waals surface area (Å²) in [6, 6.07) is 0. The summed E-state index contributed by atoms with van der Waals surface area (Å²) in [4.78, 5) is 49.4. The zero-order valence-corrected chi connectivity index (χ0v) is 23.1. The Morgan fingerprint density at radius 3 is 2.38 bits per heavy atom. The Morgan fingerprint density at radius 1 is 1.13 bits per heavy atom. The number of aliphatic hydroxyl groups excluding tert-OH is 2. The van der Waals surface area contributed by atoms with Crippen LogP contribution in [0.5, 0.6) is 0 Å². The SMILES string of the molecule is COC1/C=C\C=C(\C)C(=O)NC2=CC(=O)C(=O)C(=C2O)CC(C)CC(OC)C(O)C(C)/C=C(/C)C1OC(N)=O. The Kier molecular flexibility index (Phi) is 11.4. The fourth-order valence-electron chi connectivity index (χ4n) is 4.57. The van der Waals surface area contributed by atoms with Crippen LogP contribution in [0.25, 0.3) is 0 Å². The lowest BCUT2D eigenvalue weighted by Crippen LogP contribution is -2.37. The van der Waals surface area contributed by atoms with Crippen LogP contribution in [0.1, 0.15) is 40.5 Å². The van der Waals surface area contributed by atoms with Crippen molar-refractivity contribution in [1.82, 2.24) is 5.32 Å². The summed E-state index contributed by atoms with van der Waals surface area (Å²) in [5.41, 5.74) is 5.79. The van der Waals surface area contributed by atoms with Gasteiger partial charge in [-0.25, -0.2) is 4.79 Å². The molecule has 11 heteroatoms. The van der Waals surface area contributed by atoms with Crippen LogP contribution < -0.4 is 11.1 Å². The lowest BCUT2D eigenvalue weighted by atomic mass is 9.85. The fraction of sp³-hybridized carbons (Fsp3) is 0.500. The van der Waals surface area contributed by atoms with Gasteiger partial charge in [-0.1, -0.05) is 38.2 Å². The van der Waals surface area contributed by atoms with Crippen LogP contribution >= 0.6 is 0 Å². The maximum atomic E-state index is 12.8. The van der Waals surface area contributed by atoms with Crippen LogP contribution in [0, 0.1) is 11.8 Å². The molecule has 5 N–H and O–H groups in total. The van der Waals surface area contributed by atoms with Gasteiger partial charge < -0.3 is 35.5 Å². The van der Waals surface area contributed by atoms with Gasteiger partial charge >= 0.3 is 6.09 Å². The number of carbonyl (C=O) groups excluding carboxylic acids is 4. The second-order valence-electron chi connectivity index (χ2n) is 9.90. The molecule has 1 aliphatic heterocycles. The number of fused-ring (bicyclic) bond motifs is 1. The number of nitrogens with one attached hydrogen (secondary N) is 1. The first-order chi connectivity index (χ1) is 18.3. The Hall–Kier alpha value is -3.54. The maximum Gasteiger partial charge on any atom is 0.405 e. The second kappa shape index (κ2) is 14.0. The molecule has 0 radical (unpaired) electrons. The standard InChI is InChI=1S/C28H38N2O9/c1-14-10-18-24(33)19(13-20(31)25(18)34)30-27(35)15(2)8-7-9-21(37-5)26(39-28(29)36)17(4)12-16(3)23(32)22(11-14)38-6/h7-9,12-14,16,21-23,26,32-33H,10-11H2,1-6H3,(H2,29,36)(H,30,35)/b9-7-,15-8-,17-12-. The molecule has 2 bridgehead atoms. The van der Waals surface area contributed by atoms with Crippen LogP contribution in [0.3, 0.4) is 0 Å². The minimum atomic E-state index is -1.01. The number of ether oxygens (including phenoxy) is 3. The minimum Gasteiger partial charge on any atom is -0.505 e. The van der Waals surface area contributed by atoms with Gasteiger partial charge in [-0.2, -0.15) is 0 Å². The van der Waals surface area contributed by atoms with E-state index in [4.69, 9.17) is 19.9 Å². The van der Waals surface area contributed by atoms with Gasteiger partial charge in [0.25, 0.3) is 5.91 Å². The molecule has 1 heterocycles. The Balaban J connectivity index is 2.59. The van der Waals surface area contributed by atoms with E-state index >= 15 is 0 Å². The average molecular weight is 547 g/mol. The quantitative estimate of drug-likeness (QED) is 0.235. The van der Waals surface area contributed by atoms with Gasteiger partial charge in [0, 0.05) is 37.4 Å². The van der Waals surface area contributed by atoms with E-state index in [9.17, 15) is 29.4 Å². The molecule has 0 saturated carbocycles. The first-order valence-corrected chi connectivity index (χ1v) is 12.6. The van der Waals surface area contributed by atoms with Gasteiger partial charge in [0.05, 0.1) is 17.9 Å². The molecular formula is C28H38N2O9. The van der Waals surface area contributed by atoms with Crippen molar-refractivity contribution >= 4 is 23.6 Å². The van der Waals surface area contributed by atoms with Crippen LogP contribution in [-0.2, 0) is 28.6 Å². The van der Waals surface area contributed by atoms with Gasteiger partial charge in [0.15, 0.2) is 6.10 Å². The smallest absolute Gasteiger partial charge is 0.405 e. The minimum absolute atomic E-state index is 0.0149. The molecule has 39 heavy (non-hydrogen) atoms. The largest absolute Gasteiger partial charge is 0.505 e. The molecule has 2 aliphatic rings. The highest BCUT2D eigenvalue weighted by Crippen LogP contribution is 2.29. The Morgan fingerprint density at radius 2 is 1.79 bits per heavy atom. The molecule has 0 aromatic rings. The first kappa shape index (κ1) is 31.7. The van der Waals surface area contributed by atoms with E-state index in [0.29, 0.717) is 5.57 Å². The van der Waals surface area contributed by atoms with E-state index < -0.39 is 59.7 Å². The van der Waals surface area contributed by atoms with Gasteiger partial charge in [0.2, 0.25) is 11.6 Å². The van der Waals surface area contributed by atoms with Crippen molar-refractivity contribution in [2.45, 2.75) is 65.0 Å². The molecule has 1 aliphatic carbocycles. The lowest BCUT2D eigenvalue weighted by molar-refractivity contribution is -0.132. The highest BCUT2D eigenvalue weighted by molar-refractivity contribution is 6.48. The van der Waals surface area contributed by atoms with E-state index in [1.165, 1.54) is 33.3 Å². The predicted molar refractivity (Wildman–Crippen MR) is 142 cm³/mol. The number of hydrogen-bond acceptors (Lipinski definition) is 9. The van der Waals surface area contributed by atoms with E-state index in [0.717, 1.165) is 6.08 Å². The van der Waals surface area contributed by atoms with Crippen LogP contribution in [0.15, 0.2) is 58.6 Å². The molecule has 0 aromatic heterocycles. The number of primary amides is 1. The summed E-state index contributed by atoms with van der Waals surface area (Å²) in [5.74, 6) is -3.58. The number of hydrogen-bond donors (Lipinski definition) is 4. The van der Waals surface area contributed by atoms with Crippen molar-refractivity contribution in [3.63, 3.8) is 0 Å². The molecule has 0 spiro atoms. The van der Waals surface area contributed by atoms with Crippen LogP contribution in [-0.4, -0.2) is 72.4 Å². The molecule has 214 valence electrons. The maximum absolute atomic E-state index is 12.8. The summed E-state index contributed by atoms with van der Waals surface area (Å²) in [5, 5.41) is 24.3. The summed E-state index contributed by atoms with van der Waals surface area (Å²) in [6.07, 6.45) is 3.07. The molecular weight excluding hydrogens is 508 g/mol. The molecule has 6 atom stereocenters. The van der Waals surface area contributed by atoms with Gasteiger partial charge in [-0.15, -0.1) is 0 Å². The van der Waals surface area contributed by atoms with Crippen molar-refractivity contribution in [3.05, 3.63) is 58.6 Å². The number of Topliss-reactive ketones (excluding diaryl/α,β-unsaturated/α-hetero) is 1. The third kappa shape index (κ3) is 8.22. The van der Waals surface area contributed by atoms with Gasteiger partial charge in [-0.3, -0.25) is 14.4 Å². The summed E-state index contributed by atoms with van der Waals surface area (Å²) >= 11 is 0. The number of amides is 2. The highest BCUT2D eigenvalue weighted by atomic mass is 16.6. The number of nitrogens with two attached hydrogens (primary N) is 1. The Labute approximate surface area is 228 Å². The Bertz CT molecular complexity index is 1130. The summed E-state index contributed by atoms with van der Waals surface area (Å²) < 4.78 is 16.4. The van der Waals surface area contributed by atoms with E-state index in [1.54, 1.807) is 32.9 Å². The van der Waals surface area contributed by atoms with E-state index in [1.807, 2.05) is 0 Å². The number of ketones is 2. The third-order valence-electron chi connectivity index (χ3n) is 6.77. The number of methoxy groups -OCH3 is 2. The third-order valence-corrected chi connectivity index (χ3v) is 6.77. The van der Waals surface area contributed by atoms with Crippen LogP contribution in [0.2, 0.25) is 0 Å². The van der Waals surface area contributed by atoms with Crippen molar-refractivity contribution in [2.24, 2.45) is 17.6 Å². The molecule has 2 rings (SSSR count). The fourth-order valence-corrected chi connectivity index (χ4v) is 4.57. The van der Waals surface area contributed by atoms with Crippen LogP contribution in [0.4, 0.5) is 4.79 Å².